The third-order valence-corrected chi connectivity index (χ3v) is 3.46. The molecule has 1 saturated heterocycles. The number of rotatable bonds is 3. The molecule has 0 saturated carbocycles. The van der Waals surface area contributed by atoms with Gasteiger partial charge < -0.3 is 10.1 Å². The summed E-state index contributed by atoms with van der Waals surface area (Å²) in [7, 11) is 0. The fourth-order valence-electron chi connectivity index (χ4n) is 2.01. The highest BCUT2D eigenvalue weighted by Crippen LogP contribution is 2.17. The van der Waals surface area contributed by atoms with Crippen molar-refractivity contribution in [3.05, 3.63) is 35.4 Å². The van der Waals surface area contributed by atoms with Crippen LogP contribution < -0.4 is 5.32 Å². The first kappa shape index (κ1) is 12.5. The van der Waals surface area contributed by atoms with E-state index in [0.717, 1.165) is 24.6 Å². The van der Waals surface area contributed by atoms with Gasteiger partial charge in [0.15, 0.2) is 0 Å². The highest BCUT2D eigenvalue weighted by molar-refractivity contribution is 7.80. The van der Waals surface area contributed by atoms with E-state index in [-0.39, 0.29) is 6.10 Å². The lowest BCUT2D eigenvalue weighted by atomic mass is 9.98. The van der Waals surface area contributed by atoms with Crippen molar-refractivity contribution >= 4 is 17.2 Å². The minimum atomic E-state index is 0.0427. The molecule has 0 aromatic heterocycles. The molecule has 2 rings (SSSR count). The van der Waals surface area contributed by atoms with E-state index < -0.39 is 0 Å². The highest BCUT2D eigenvalue weighted by atomic mass is 32.1. The summed E-state index contributed by atoms with van der Waals surface area (Å²) in [4.78, 5) is 0.839. The van der Waals surface area contributed by atoms with Crippen LogP contribution >= 0.6 is 12.2 Å². The van der Waals surface area contributed by atoms with Gasteiger partial charge in [-0.2, -0.15) is 0 Å². The molecule has 0 bridgehead atoms. The Kier molecular flexibility index (Phi) is 4.13. The molecule has 1 aliphatic heterocycles. The van der Waals surface area contributed by atoms with E-state index >= 15 is 0 Å². The molecule has 92 valence electrons. The fourth-order valence-corrected chi connectivity index (χ4v) is 2.26. The zero-order valence-electron chi connectivity index (χ0n) is 10.4. The van der Waals surface area contributed by atoms with Gasteiger partial charge in [-0.25, -0.2) is 0 Å². The largest absolute Gasteiger partial charge is 0.375 e. The maximum absolute atomic E-state index is 5.69. The molecule has 1 unspecified atom stereocenters. The Hall–Kier alpha value is -0.930. The first-order chi connectivity index (χ1) is 8.16. The second kappa shape index (κ2) is 5.61. The molecule has 3 heteroatoms. The summed E-state index contributed by atoms with van der Waals surface area (Å²) >= 11 is 5.27. The van der Waals surface area contributed by atoms with Crippen LogP contribution in [0.1, 0.15) is 30.9 Å². The van der Waals surface area contributed by atoms with E-state index in [4.69, 9.17) is 17.0 Å². The summed E-state index contributed by atoms with van der Waals surface area (Å²) in [6.07, 6.45) is 0.910. The molecule has 0 aliphatic carbocycles. The summed E-state index contributed by atoms with van der Waals surface area (Å²) < 4.78 is 5.69. The fraction of sp³-hybridized carbons (Fsp3) is 0.500. The molecular formula is C14H19NOS. The first-order valence-electron chi connectivity index (χ1n) is 6.15. The van der Waals surface area contributed by atoms with Crippen LogP contribution in [-0.2, 0) is 11.2 Å². The molecule has 0 amide bonds. The second-order valence-corrected chi connectivity index (χ2v) is 5.19. The van der Waals surface area contributed by atoms with E-state index in [1.807, 2.05) is 0 Å². The molecule has 2 nitrogen and oxygen atoms in total. The van der Waals surface area contributed by atoms with Crippen molar-refractivity contribution in [3.8, 4) is 0 Å². The highest BCUT2D eigenvalue weighted by Gasteiger charge is 2.19. The number of hydrogen-bond donors (Lipinski definition) is 1. The molecular weight excluding hydrogens is 230 g/mol. The number of benzene rings is 1. The van der Waals surface area contributed by atoms with E-state index in [9.17, 15) is 0 Å². The zero-order valence-corrected chi connectivity index (χ0v) is 11.2. The Morgan fingerprint density at radius 3 is 3.00 bits per heavy atom. The zero-order chi connectivity index (χ0) is 12.3. The van der Waals surface area contributed by atoms with Gasteiger partial charge >= 0.3 is 0 Å². The number of thiocarbonyl (C=S) groups is 1. The molecule has 17 heavy (non-hydrogen) atoms. The van der Waals surface area contributed by atoms with Crippen molar-refractivity contribution < 1.29 is 4.74 Å². The average Bonchev–Trinajstić information content (AvgIpc) is 2.32. The molecule has 1 fully saturated rings. The van der Waals surface area contributed by atoms with Crippen LogP contribution in [0.25, 0.3) is 0 Å². The van der Waals surface area contributed by atoms with Crippen LogP contribution in [0.3, 0.4) is 0 Å². The Morgan fingerprint density at radius 2 is 2.29 bits per heavy atom. The van der Waals surface area contributed by atoms with Gasteiger partial charge in [-0.1, -0.05) is 50.3 Å². The van der Waals surface area contributed by atoms with Gasteiger partial charge in [0.2, 0.25) is 0 Å². The summed E-state index contributed by atoms with van der Waals surface area (Å²) in [5, 5.41) is 3.20. The van der Waals surface area contributed by atoms with Crippen molar-refractivity contribution in [2.75, 3.05) is 13.2 Å². The second-order valence-electron chi connectivity index (χ2n) is 4.75. The minimum Gasteiger partial charge on any atom is -0.375 e. The number of hydrogen-bond acceptors (Lipinski definition) is 2. The number of morpholine rings is 1. The predicted molar refractivity (Wildman–Crippen MR) is 74.6 cm³/mol. The molecule has 1 aromatic carbocycles. The van der Waals surface area contributed by atoms with Crippen molar-refractivity contribution in [1.29, 1.82) is 0 Å². The van der Waals surface area contributed by atoms with E-state index in [2.05, 4.69) is 43.4 Å². The quantitative estimate of drug-likeness (QED) is 0.832. The average molecular weight is 249 g/mol. The Morgan fingerprint density at radius 1 is 1.47 bits per heavy atom. The summed E-state index contributed by atoms with van der Waals surface area (Å²) in [6, 6.07) is 8.69. The van der Waals surface area contributed by atoms with Gasteiger partial charge in [0.1, 0.15) is 11.1 Å². The van der Waals surface area contributed by atoms with Crippen LogP contribution in [0.4, 0.5) is 0 Å². The lowest BCUT2D eigenvalue weighted by Crippen LogP contribution is -2.44. The lowest BCUT2D eigenvalue weighted by molar-refractivity contribution is 0.0870. The third kappa shape index (κ3) is 3.27. The predicted octanol–water partition coefficient (Wildman–Crippen LogP) is 2.67. The first-order valence-corrected chi connectivity index (χ1v) is 6.56. The Balaban J connectivity index is 2.07. The number of nitrogens with one attached hydrogen (secondary N) is 1. The molecule has 1 aromatic rings. The number of ether oxygens (including phenoxy) is 1. The van der Waals surface area contributed by atoms with Crippen LogP contribution in [0.2, 0.25) is 0 Å². The van der Waals surface area contributed by atoms with Crippen LogP contribution in [-0.4, -0.2) is 24.2 Å². The molecule has 1 heterocycles. The topological polar surface area (TPSA) is 21.3 Å². The van der Waals surface area contributed by atoms with Gasteiger partial charge in [0, 0.05) is 13.0 Å². The normalized spacial score (nSPS) is 20.4. The third-order valence-electron chi connectivity index (χ3n) is 3.05. The maximum Gasteiger partial charge on any atom is 0.112 e. The van der Waals surface area contributed by atoms with Crippen LogP contribution in [0.15, 0.2) is 24.3 Å². The molecule has 1 N–H and O–H groups in total. The van der Waals surface area contributed by atoms with Crippen LogP contribution in [0.5, 0.6) is 0 Å². The molecule has 1 aliphatic rings. The van der Waals surface area contributed by atoms with Gasteiger partial charge in [-0.15, -0.1) is 0 Å². The van der Waals surface area contributed by atoms with Gasteiger partial charge in [-0.05, 0) is 17.0 Å². The standard InChI is InChI=1S/C14H19NOS/c1-10(2)12-5-3-4-11(8-12)9-13-14(17)15-6-7-16-13/h3-5,8,10,13H,6-7,9H2,1-2H3,(H,15,17). The molecule has 0 radical (unpaired) electrons. The Bertz CT molecular complexity index is 403. The van der Waals surface area contributed by atoms with Crippen molar-refractivity contribution in [2.45, 2.75) is 32.3 Å². The van der Waals surface area contributed by atoms with E-state index in [0.29, 0.717) is 5.92 Å². The lowest BCUT2D eigenvalue weighted by Gasteiger charge is -2.25. The monoisotopic (exact) mass is 249 g/mol. The van der Waals surface area contributed by atoms with E-state index in [1.54, 1.807) is 0 Å². The van der Waals surface area contributed by atoms with Crippen molar-refractivity contribution in [2.24, 2.45) is 0 Å². The van der Waals surface area contributed by atoms with Crippen LogP contribution in [0, 0.1) is 0 Å². The van der Waals surface area contributed by atoms with Gasteiger partial charge in [0.05, 0.1) is 6.61 Å². The van der Waals surface area contributed by atoms with Gasteiger partial charge in [-0.3, -0.25) is 0 Å². The minimum absolute atomic E-state index is 0.0427. The van der Waals surface area contributed by atoms with Crippen molar-refractivity contribution in [3.63, 3.8) is 0 Å². The maximum atomic E-state index is 5.69. The smallest absolute Gasteiger partial charge is 0.112 e. The van der Waals surface area contributed by atoms with Gasteiger partial charge in [0.25, 0.3) is 0 Å². The molecule has 1 atom stereocenters. The van der Waals surface area contributed by atoms with E-state index in [1.165, 1.54) is 11.1 Å². The summed E-state index contributed by atoms with van der Waals surface area (Å²) in [5.41, 5.74) is 2.67. The Labute approximate surface area is 108 Å². The van der Waals surface area contributed by atoms with Crippen molar-refractivity contribution in [1.82, 2.24) is 5.32 Å². The summed E-state index contributed by atoms with van der Waals surface area (Å²) in [5.74, 6) is 0.562. The molecule has 0 spiro atoms. The SMILES string of the molecule is CC(C)c1cccc(CC2OCCNC2=S)c1. The summed E-state index contributed by atoms with van der Waals surface area (Å²) in [6.45, 7) is 6.00.